The highest BCUT2D eigenvalue weighted by molar-refractivity contribution is 5.96. The Labute approximate surface area is 223 Å². The molecular weight excluding hydrogens is 486 g/mol. The number of likely N-dealkylation sites (tertiary alicyclic amines) is 1. The molecule has 2 heterocycles. The van der Waals surface area contributed by atoms with Crippen molar-refractivity contribution in [2.75, 3.05) is 33.4 Å². The predicted molar refractivity (Wildman–Crippen MR) is 142 cm³/mol. The summed E-state index contributed by atoms with van der Waals surface area (Å²) in [7, 11) is 1.58. The van der Waals surface area contributed by atoms with E-state index in [0.29, 0.717) is 18.8 Å². The number of benzene rings is 2. The summed E-state index contributed by atoms with van der Waals surface area (Å²) in [6.07, 6.45) is 2.90. The molecule has 0 bridgehead atoms. The molecule has 2 fully saturated rings. The third-order valence-corrected chi connectivity index (χ3v) is 7.15. The van der Waals surface area contributed by atoms with Gasteiger partial charge in [-0.05, 0) is 49.1 Å². The number of ether oxygens (including phenoxy) is 2. The number of nitrogens with zero attached hydrogens (tertiary/aromatic N) is 1. The predicted octanol–water partition coefficient (Wildman–Crippen LogP) is 1.26. The first-order chi connectivity index (χ1) is 18.5. The van der Waals surface area contributed by atoms with Crippen LogP contribution in [-0.2, 0) is 32.0 Å². The van der Waals surface area contributed by atoms with E-state index in [1.165, 1.54) is 0 Å². The fraction of sp³-hybridized carbons (Fsp3) is 0.483. The number of amides is 2. The van der Waals surface area contributed by atoms with Crippen LogP contribution in [0.25, 0.3) is 0 Å². The molecule has 0 saturated carbocycles. The molecule has 4 rings (SSSR count). The number of aliphatic hydroxyl groups excluding tert-OH is 1. The monoisotopic (exact) mass is 523 g/mol. The standard InChI is InChI=1S/C29H37N3O6/c1-37-23-12-10-21(11-13-23)16-25(30-27(34)17-32-14-6-5-9-22(32)18-33)29(36)31-24(28(35)26-19-38-26)15-20-7-3-2-4-8-20/h2-4,7-8,10-13,22,24-26,33H,5-6,9,14-19H2,1H3,(H,30,34)(H,31,36)/t22-,24+,25+,26-/m1/s1. The highest BCUT2D eigenvalue weighted by Crippen LogP contribution is 2.18. The van der Waals surface area contributed by atoms with Gasteiger partial charge in [-0.3, -0.25) is 19.3 Å². The number of Topliss-reactive ketones (excluding diaryl/α,β-unsaturated/α-hetero) is 1. The molecule has 0 radical (unpaired) electrons. The van der Waals surface area contributed by atoms with E-state index in [2.05, 4.69) is 10.6 Å². The zero-order chi connectivity index (χ0) is 26.9. The van der Waals surface area contributed by atoms with Crippen molar-refractivity contribution in [1.82, 2.24) is 15.5 Å². The smallest absolute Gasteiger partial charge is 0.243 e. The molecule has 2 aromatic carbocycles. The Kier molecular flexibility index (Phi) is 9.86. The molecule has 9 nitrogen and oxygen atoms in total. The minimum atomic E-state index is -0.889. The van der Waals surface area contributed by atoms with E-state index in [1.54, 1.807) is 19.2 Å². The maximum absolute atomic E-state index is 13.6. The van der Waals surface area contributed by atoms with Crippen molar-refractivity contribution >= 4 is 17.6 Å². The van der Waals surface area contributed by atoms with Gasteiger partial charge in [0.2, 0.25) is 11.8 Å². The van der Waals surface area contributed by atoms with Gasteiger partial charge in [0.15, 0.2) is 5.78 Å². The maximum Gasteiger partial charge on any atom is 0.243 e. The van der Waals surface area contributed by atoms with Crippen LogP contribution in [0.1, 0.15) is 30.4 Å². The second-order valence-corrected chi connectivity index (χ2v) is 9.95. The number of epoxide rings is 1. The lowest BCUT2D eigenvalue weighted by atomic mass is 9.99. The van der Waals surface area contributed by atoms with Crippen LogP contribution in [0.3, 0.4) is 0 Å². The van der Waals surface area contributed by atoms with Crippen LogP contribution in [0.15, 0.2) is 54.6 Å². The molecule has 2 aliphatic heterocycles. The lowest BCUT2D eigenvalue weighted by Gasteiger charge is -2.34. The molecule has 3 N–H and O–H groups in total. The van der Waals surface area contributed by atoms with Gasteiger partial charge >= 0.3 is 0 Å². The molecule has 4 atom stereocenters. The molecule has 0 aliphatic carbocycles. The van der Waals surface area contributed by atoms with Crippen molar-refractivity contribution in [2.45, 2.75) is 56.3 Å². The van der Waals surface area contributed by atoms with Gasteiger partial charge in [0, 0.05) is 12.5 Å². The van der Waals surface area contributed by atoms with Gasteiger partial charge in [-0.1, -0.05) is 48.9 Å². The van der Waals surface area contributed by atoms with E-state index < -0.39 is 24.1 Å². The van der Waals surface area contributed by atoms with Gasteiger partial charge in [0.05, 0.1) is 32.9 Å². The van der Waals surface area contributed by atoms with Crippen LogP contribution in [0, 0.1) is 0 Å². The summed E-state index contributed by atoms with van der Waals surface area (Å²) in [5.41, 5.74) is 1.76. The lowest BCUT2D eigenvalue weighted by Crippen LogP contribution is -2.55. The zero-order valence-corrected chi connectivity index (χ0v) is 21.8. The van der Waals surface area contributed by atoms with Crippen LogP contribution in [0.2, 0.25) is 0 Å². The van der Waals surface area contributed by atoms with Gasteiger partial charge in [-0.15, -0.1) is 0 Å². The van der Waals surface area contributed by atoms with Crippen LogP contribution in [0.5, 0.6) is 5.75 Å². The topological polar surface area (TPSA) is 120 Å². The second-order valence-electron chi connectivity index (χ2n) is 9.95. The molecular formula is C29H37N3O6. The first-order valence-electron chi connectivity index (χ1n) is 13.2. The van der Waals surface area contributed by atoms with Crippen LogP contribution in [-0.4, -0.2) is 85.2 Å². The Morgan fingerprint density at radius 1 is 1.00 bits per heavy atom. The molecule has 38 heavy (non-hydrogen) atoms. The van der Waals surface area contributed by atoms with E-state index in [1.807, 2.05) is 47.4 Å². The first-order valence-corrected chi connectivity index (χ1v) is 13.2. The van der Waals surface area contributed by atoms with E-state index >= 15 is 0 Å². The van der Waals surface area contributed by atoms with E-state index in [9.17, 15) is 19.5 Å². The van der Waals surface area contributed by atoms with E-state index in [0.717, 1.165) is 36.9 Å². The number of methoxy groups -OCH3 is 1. The fourth-order valence-electron chi connectivity index (χ4n) is 4.89. The number of hydrogen-bond acceptors (Lipinski definition) is 7. The molecule has 204 valence electrons. The quantitative estimate of drug-likeness (QED) is 0.338. The highest BCUT2D eigenvalue weighted by atomic mass is 16.6. The van der Waals surface area contributed by atoms with Crippen molar-refractivity contribution in [3.63, 3.8) is 0 Å². The number of aliphatic hydroxyl groups is 1. The minimum absolute atomic E-state index is 0.00441. The summed E-state index contributed by atoms with van der Waals surface area (Å²) in [4.78, 5) is 41.6. The normalized spacial score (nSPS) is 20.7. The number of carbonyl (C=O) groups excluding carboxylic acids is 3. The summed E-state index contributed by atoms with van der Waals surface area (Å²) in [6, 6.07) is 15.1. The third-order valence-electron chi connectivity index (χ3n) is 7.15. The zero-order valence-electron chi connectivity index (χ0n) is 21.8. The van der Waals surface area contributed by atoms with E-state index in [-0.39, 0.29) is 37.3 Å². The molecule has 2 amide bonds. The van der Waals surface area contributed by atoms with Crippen LogP contribution < -0.4 is 15.4 Å². The fourth-order valence-corrected chi connectivity index (χ4v) is 4.89. The molecule has 2 aliphatic rings. The third kappa shape index (κ3) is 7.86. The Bertz CT molecular complexity index is 1070. The average molecular weight is 524 g/mol. The number of piperidine rings is 1. The SMILES string of the molecule is COc1ccc(C[C@H](NC(=O)CN2CCCC[C@@H]2CO)C(=O)N[C@@H](Cc2ccccc2)C(=O)[C@H]2CO2)cc1. The molecule has 2 aromatic rings. The van der Waals surface area contributed by atoms with Gasteiger partial charge in [-0.2, -0.15) is 0 Å². The summed E-state index contributed by atoms with van der Waals surface area (Å²) in [6.45, 7) is 1.17. The van der Waals surface area contributed by atoms with Crippen LogP contribution in [0.4, 0.5) is 0 Å². The first kappa shape index (κ1) is 27.8. The number of carbonyl (C=O) groups is 3. The van der Waals surface area contributed by atoms with Crippen LogP contribution >= 0.6 is 0 Å². The van der Waals surface area contributed by atoms with Crippen molar-refractivity contribution in [3.8, 4) is 5.75 Å². The average Bonchev–Trinajstić information content (AvgIpc) is 3.79. The molecule has 2 saturated heterocycles. The van der Waals surface area contributed by atoms with Crippen molar-refractivity contribution in [2.24, 2.45) is 0 Å². The summed E-state index contributed by atoms with van der Waals surface area (Å²) >= 11 is 0. The van der Waals surface area contributed by atoms with Gasteiger partial charge in [0.25, 0.3) is 0 Å². The summed E-state index contributed by atoms with van der Waals surface area (Å²) < 4.78 is 10.4. The molecule has 0 spiro atoms. The number of rotatable bonds is 13. The van der Waals surface area contributed by atoms with E-state index in [4.69, 9.17) is 9.47 Å². The van der Waals surface area contributed by atoms with Gasteiger partial charge in [0.1, 0.15) is 17.9 Å². The number of hydrogen-bond donors (Lipinski definition) is 3. The lowest BCUT2D eigenvalue weighted by molar-refractivity contribution is -0.132. The Balaban J connectivity index is 1.48. The molecule has 0 unspecified atom stereocenters. The summed E-state index contributed by atoms with van der Waals surface area (Å²) in [5.74, 6) is -0.204. The largest absolute Gasteiger partial charge is 0.497 e. The summed E-state index contributed by atoms with van der Waals surface area (Å²) in [5, 5.41) is 15.5. The molecule has 0 aromatic heterocycles. The Morgan fingerprint density at radius 3 is 2.34 bits per heavy atom. The van der Waals surface area contributed by atoms with Gasteiger partial charge < -0.3 is 25.2 Å². The minimum Gasteiger partial charge on any atom is -0.497 e. The van der Waals surface area contributed by atoms with Crippen molar-refractivity contribution in [1.29, 1.82) is 0 Å². The Hall–Kier alpha value is -3.27. The van der Waals surface area contributed by atoms with Gasteiger partial charge in [-0.25, -0.2) is 0 Å². The Morgan fingerprint density at radius 2 is 1.68 bits per heavy atom. The number of ketones is 1. The van der Waals surface area contributed by atoms with Crippen molar-refractivity contribution < 1.29 is 29.0 Å². The number of nitrogens with one attached hydrogen (secondary N) is 2. The molecule has 9 heteroatoms. The second kappa shape index (κ2) is 13.5. The highest BCUT2D eigenvalue weighted by Gasteiger charge is 2.38. The maximum atomic E-state index is 13.6. The van der Waals surface area contributed by atoms with Crippen molar-refractivity contribution in [3.05, 3.63) is 65.7 Å².